The van der Waals surface area contributed by atoms with E-state index in [1.165, 1.54) is 5.56 Å². The molecule has 26 heavy (non-hydrogen) atoms. The maximum atomic E-state index is 12.0. The van der Waals surface area contributed by atoms with Gasteiger partial charge in [-0.2, -0.15) is 0 Å². The fourth-order valence-corrected chi connectivity index (χ4v) is 2.74. The Morgan fingerprint density at radius 2 is 1.58 bits per heavy atom. The monoisotopic (exact) mass is 353 g/mol. The van der Waals surface area contributed by atoms with Crippen LogP contribution in [0.15, 0.2) is 54.6 Å². The minimum absolute atomic E-state index is 0.136. The fourth-order valence-electron chi connectivity index (χ4n) is 2.74. The molecule has 0 aliphatic carbocycles. The van der Waals surface area contributed by atoms with Gasteiger partial charge < -0.3 is 10.1 Å². The first kappa shape index (κ1) is 19.7. The van der Waals surface area contributed by atoms with Crippen molar-refractivity contribution in [2.75, 3.05) is 6.61 Å². The minimum atomic E-state index is -0.406. The highest BCUT2D eigenvalue weighted by molar-refractivity contribution is 5.81. The molecule has 2 aromatic rings. The topological polar surface area (TPSA) is 55.4 Å². The van der Waals surface area contributed by atoms with Gasteiger partial charge in [0.2, 0.25) is 0 Å². The van der Waals surface area contributed by atoms with Gasteiger partial charge in [0.15, 0.2) is 6.61 Å². The predicted molar refractivity (Wildman–Crippen MR) is 103 cm³/mol. The number of carbonyl (C=O) groups is 2. The summed E-state index contributed by atoms with van der Waals surface area (Å²) in [7, 11) is 0. The second-order valence-corrected chi connectivity index (χ2v) is 6.95. The third kappa shape index (κ3) is 6.71. The van der Waals surface area contributed by atoms with E-state index in [9.17, 15) is 9.59 Å². The van der Waals surface area contributed by atoms with Crippen molar-refractivity contribution in [3.63, 3.8) is 0 Å². The van der Waals surface area contributed by atoms with E-state index in [-0.39, 0.29) is 25.0 Å². The maximum Gasteiger partial charge on any atom is 0.310 e. The zero-order valence-corrected chi connectivity index (χ0v) is 15.7. The van der Waals surface area contributed by atoms with Crippen molar-refractivity contribution in [3.05, 3.63) is 71.3 Å². The van der Waals surface area contributed by atoms with Crippen LogP contribution in [0.4, 0.5) is 0 Å². The number of rotatable bonds is 8. The summed E-state index contributed by atoms with van der Waals surface area (Å²) < 4.78 is 5.06. The molecule has 2 rings (SSSR count). The molecule has 0 radical (unpaired) electrons. The number of carbonyl (C=O) groups excluding carboxylic acids is 2. The zero-order chi connectivity index (χ0) is 18.9. The molecule has 0 saturated heterocycles. The molecule has 0 spiro atoms. The molecule has 4 nitrogen and oxygen atoms in total. The highest BCUT2D eigenvalue weighted by Crippen LogP contribution is 2.15. The molecular weight excluding hydrogens is 326 g/mol. The van der Waals surface area contributed by atoms with Crippen LogP contribution in [0.2, 0.25) is 0 Å². The Morgan fingerprint density at radius 3 is 2.19 bits per heavy atom. The van der Waals surface area contributed by atoms with Crippen LogP contribution in [0, 0.1) is 5.92 Å². The fraction of sp³-hybridized carbons (Fsp3) is 0.364. The number of amides is 1. The van der Waals surface area contributed by atoms with Crippen molar-refractivity contribution >= 4 is 11.9 Å². The molecule has 4 heteroatoms. The van der Waals surface area contributed by atoms with Gasteiger partial charge in [0.05, 0.1) is 12.5 Å². The Labute approximate surface area is 155 Å². The van der Waals surface area contributed by atoms with Crippen molar-refractivity contribution in [1.82, 2.24) is 5.32 Å². The van der Waals surface area contributed by atoms with E-state index in [4.69, 9.17) is 4.74 Å². The van der Waals surface area contributed by atoms with Gasteiger partial charge in [-0.15, -0.1) is 0 Å². The Balaban J connectivity index is 1.77. The van der Waals surface area contributed by atoms with Crippen molar-refractivity contribution < 1.29 is 14.3 Å². The lowest BCUT2D eigenvalue weighted by atomic mass is 10.00. The molecule has 1 atom stereocenters. The Morgan fingerprint density at radius 1 is 0.923 bits per heavy atom. The maximum absolute atomic E-state index is 12.0. The average Bonchev–Trinajstić information content (AvgIpc) is 2.61. The summed E-state index contributed by atoms with van der Waals surface area (Å²) in [5.41, 5.74) is 3.19. The van der Waals surface area contributed by atoms with Crippen molar-refractivity contribution in [3.8, 4) is 0 Å². The summed E-state index contributed by atoms with van der Waals surface area (Å²) >= 11 is 0. The minimum Gasteiger partial charge on any atom is -0.455 e. The molecule has 0 aromatic heterocycles. The van der Waals surface area contributed by atoms with Crippen molar-refractivity contribution in [2.24, 2.45) is 5.92 Å². The molecule has 0 unspecified atom stereocenters. The number of nitrogens with one attached hydrogen (secondary N) is 1. The SMILES string of the molecule is CC(C)Cc1ccc([C@@H](C)NC(=O)COC(=O)Cc2ccccc2)cc1. The molecular formula is C22H27NO3. The van der Waals surface area contributed by atoms with E-state index in [1.54, 1.807) is 0 Å². The largest absolute Gasteiger partial charge is 0.455 e. The summed E-state index contributed by atoms with van der Waals surface area (Å²) in [5, 5.41) is 2.86. The van der Waals surface area contributed by atoms with Gasteiger partial charge in [-0.3, -0.25) is 9.59 Å². The lowest BCUT2D eigenvalue weighted by molar-refractivity contribution is -0.148. The zero-order valence-electron chi connectivity index (χ0n) is 15.7. The van der Waals surface area contributed by atoms with E-state index in [2.05, 4.69) is 31.3 Å². The summed E-state index contributed by atoms with van der Waals surface area (Å²) in [4.78, 5) is 23.8. The Kier molecular flexibility index (Phi) is 7.39. The molecule has 0 aliphatic rings. The molecule has 0 bridgehead atoms. The quantitative estimate of drug-likeness (QED) is 0.734. The molecule has 138 valence electrons. The Hall–Kier alpha value is -2.62. The van der Waals surface area contributed by atoms with Gasteiger partial charge in [0, 0.05) is 0 Å². The van der Waals surface area contributed by atoms with Gasteiger partial charge in [-0.25, -0.2) is 0 Å². The summed E-state index contributed by atoms with van der Waals surface area (Å²) in [6.07, 6.45) is 1.21. The average molecular weight is 353 g/mol. The molecule has 1 N–H and O–H groups in total. The first-order chi connectivity index (χ1) is 12.4. The normalized spacial score (nSPS) is 11.8. The smallest absolute Gasteiger partial charge is 0.310 e. The molecule has 2 aromatic carbocycles. The summed E-state index contributed by atoms with van der Waals surface area (Å²) in [6.45, 7) is 6.04. The van der Waals surface area contributed by atoms with E-state index in [0.29, 0.717) is 5.92 Å². The van der Waals surface area contributed by atoms with E-state index < -0.39 is 5.97 Å². The predicted octanol–water partition coefficient (Wildman–Crippen LogP) is 3.85. The second kappa shape index (κ2) is 9.76. The van der Waals surface area contributed by atoms with Crippen LogP contribution >= 0.6 is 0 Å². The van der Waals surface area contributed by atoms with Crippen molar-refractivity contribution in [1.29, 1.82) is 0 Å². The van der Waals surface area contributed by atoms with Gasteiger partial charge >= 0.3 is 5.97 Å². The lowest BCUT2D eigenvalue weighted by Crippen LogP contribution is -2.31. The third-order valence-corrected chi connectivity index (χ3v) is 4.06. The van der Waals surface area contributed by atoms with Crippen LogP contribution in [0.1, 0.15) is 43.5 Å². The number of benzene rings is 2. The molecule has 1 amide bonds. The summed E-state index contributed by atoms with van der Waals surface area (Å²) in [5.74, 6) is -0.0919. The standard InChI is InChI=1S/C22H27NO3/c1-16(2)13-19-9-11-20(12-10-19)17(3)23-21(24)15-26-22(25)14-18-7-5-4-6-8-18/h4-12,16-17H,13-15H2,1-3H3,(H,23,24)/t17-/m1/s1. The summed E-state index contributed by atoms with van der Waals surface area (Å²) in [6, 6.07) is 17.4. The van der Waals surface area contributed by atoms with Crippen LogP contribution in [0.25, 0.3) is 0 Å². The highest BCUT2D eigenvalue weighted by Gasteiger charge is 2.12. The highest BCUT2D eigenvalue weighted by atomic mass is 16.5. The molecule has 0 saturated carbocycles. The van der Waals surface area contributed by atoms with Crippen LogP contribution in [-0.4, -0.2) is 18.5 Å². The molecule has 0 fully saturated rings. The van der Waals surface area contributed by atoms with Crippen LogP contribution in [0.5, 0.6) is 0 Å². The Bertz CT molecular complexity index is 708. The van der Waals surface area contributed by atoms with Gasteiger partial charge in [-0.05, 0) is 36.0 Å². The number of hydrogen-bond acceptors (Lipinski definition) is 3. The molecule has 0 heterocycles. The lowest BCUT2D eigenvalue weighted by Gasteiger charge is -2.15. The second-order valence-electron chi connectivity index (χ2n) is 6.95. The molecule has 0 aliphatic heterocycles. The van der Waals surface area contributed by atoms with E-state index >= 15 is 0 Å². The van der Waals surface area contributed by atoms with Gasteiger partial charge in [-0.1, -0.05) is 68.4 Å². The number of ether oxygens (including phenoxy) is 1. The van der Waals surface area contributed by atoms with E-state index in [1.807, 2.05) is 49.4 Å². The first-order valence-electron chi connectivity index (χ1n) is 9.01. The number of esters is 1. The van der Waals surface area contributed by atoms with E-state index in [0.717, 1.165) is 17.5 Å². The first-order valence-corrected chi connectivity index (χ1v) is 9.01. The van der Waals surface area contributed by atoms with Crippen LogP contribution < -0.4 is 5.32 Å². The number of hydrogen-bond donors (Lipinski definition) is 1. The van der Waals surface area contributed by atoms with Gasteiger partial charge in [0.1, 0.15) is 0 Å². The third-order valence-electron chi connectivity index (χ3n) is 4.06. The van der Waals surface area contributed by atoms with Crippen molar-refractivity contribution in [2.45, 2.75) is 39.7 Å². The van der Waals surface area contributed by atoms with Crippen LogP contribution in [0.3, 0.4) is 0 Å². The van der Waals surface area contributed by atoms with Gasteiger partial charge in [0.25, 0.3) is 5.91 Å². The van der Waals surface area contributed by atoms with Crippen LogP contribution in [-0.2, 0) is 27.2 Å².